The fourth-order valence-electron chi connectivity index (χ4n) is 2.31. The molecule has 146 valence electrons. The lowest BCUT2D eigenvalue weighted by molar-refractivity contribution is -0.272. The van der Waals surface area contributed by atoms with Crippen LogP contribution in [-0.4, -0.2) is 39.9 Å². The molecule has 0 spiro atoms. The molecule has 1 unspecified atom stereocenters. The van der Waals surface area contributed by atoms with Crippen LogP contribution in [0.5, 0.6) is 0 Å². The molecule has 0 saturated heterocycles. The van der Waals surface area contributed by atoms with Crippen molar-refractivity contribution in [2.75, 3.05) is 13.1 Å². The summed E-state index contributed by atoms with van der Waals surface area (Å²) >= 11 is 1.61. The van der Waals surface area contributed by atoms with Gasteiger partial charge in [0.2, 0.25) is 5.60 Å². The van der Waals surface area contributed by atoms with Crippen LogP contribution in [0.2, 0.25) is 0 Å². The van der Waals surface area contributed by atoms with Gasteiger partial charge in [-0.15, -0.1) is 35.3 Å². The van der Waals surface area contributed by atoms with E-state index in [0.29, 0.717) is 6.54 Å². The van der Waals surface area contributed by atoms with E-state index in [0.717, 1.165) is 11.0 Å². The number of nitrogens with one attached hydrogen (secondary N) is 1. The van der Waals surface area contributed by atoms with Gasteiger partial charge < -0.3 is 20.7 Å². The smallest absolute Gasteiger partial charge is 0.374 e. The number of thiophene rings is 1. The number of hydrogen-bond acceptors (Lipinski definition) is 4. The van der Waals surface area contributed by atoms with E-state index in [4.69, 9.17) is 5.73 Å². The molecule has 2 aromatic rings. The summed E-state index contributed by atoms with van der Waals surface area (Å²) in [6.07, 6.45) is -2.25. The van der Waals surface area contributed by atoms with Crippen molar-refractivity contribution >= 4 is 41.3 Å². The molecule has 1 atom stereocenters. The maximum absolute atomic E-state index is 13.3. The van der Waals surface area contributed by atoms with E-state index >= 15 is 0 Å². The van der Waals surface area contributed by atoms with Gasteiger partial charge in [0, 0.05) is 43.8 Å². The summed E-state index contributed by atoms with van der Waals surface area (Å²) in [6, 6.07) is 3.92. The van der Waals surface area contributed by atoms with Crippen molar-refractivity contribution in [3.63, 3.8) is 0 Å². The van der Waals surface area contributed by atoms with Crippen molar-refractivity contribution < 1.29 is 18.3 Å². The molecule has 2 rings (SSSR count). The number of nitrogens with two attached hydrogens (primary N) is 1. The van der Waals surface area contributed by atoms with Crippen LogP contribution in [0.15, 0.2) is 34.9 Å². The predicted molar refractivity (Wildman–Crippen MR) is 106 cm³/mol. The molecule has 0 saturated carbocycles. The highest BCUT2D eigenvalue weighted by Crippen LogP contribution is 2.40. The second-order valence-corrected chi connectivity index (χ2v) is 6.53. The van der Waals surface area contributed by atoms with E-state index in [1.807, 2.05) is 17.5 Å². The molecule has 11 heteroatoms. The molecular formula is C15H21F3IN5OS. The molecule has 0 aliphatic heterocycles. The van der Waals surface area contributed by atoms with Crippen molar-refractivity contribution in [3.05, 3.63) is 40.6 Å². The second kappa shape index (κ2) is 9.55. The van der Waals surface area contributed by atoms with E-state index < -0.39 is 24.0 Å². The summed E-state index contributed by atoms with van der Waals surface area (Å²) in [7, 11) is 1.39. The van der Waals surface area contributed by atoms with E-state index in [9.17, 15) is 18.3 Å². The monoisotopic (exact) mass is 503 g/mol. The van der Waals surface area contributed by atoms with E-state index in [-0.39, 0.29) is 36.5 Å². The average Bonchev–Trinajstić information content (AvgIpc) is 3.17. The van der Waals surface area contributed by atoms with Gasteiger partial charge in [-0.25, -0.2) is 4.98 Å². The van der Waals surface area contributed by atoms with Crippen LogP contribution in [0.3, 0.4) is 0 Å². The number of rotatable bonds is 7. The molecule has 4 N–H and O–H groups in total. The predicted octanol–water partition coefficient (Wildman–Crippen LogP) is 2.39. The number of imidazole rings is 1. The number of guanidine groups is 1. The van der Waals surface area contributed by atoms with Gasteiger partial charge >= 0.3 is 6.18 Å². The number of halogens is 4. The highest BCUT2D eigenvalue weighted by atomic mass is 127. The van der Waals surface area contributed by atoms with Crippen LogP contribution in [0.1, 0.15) is 17.1 Å². The number of alkyl halides is 3. The molecule has 2 heterocycles. The summed E-state index contributed by atoms with van der Waals surface area (Å²) in [4.78, 5) is 8.67. The third-order valence-corrected chi connectivity index (χ3v) is 4.61. The minimum absolute atomic E-state index is 0. The lowest BCUT2D eigenvalue weighted by Gasteiger charge is -2.29. The summed E-state index contributed by atoms with van der Waals surface area (Å²) in [5.74, 6) is -0.430. The lowest BCUT2D eigenvalue weighted by Crippen LogP contribution is -2.45. The fourth-order valence-corrected chi connectivity index (χ4v) is 3.02. The molecule has 6 nitrogen and oxygen atoms in total. The molecule has 2 aromatic heterocycles. The summed E-state index contributed by atoms with van der Waals surface area (Å²) < 4.78 is 41.1. The molecule has 0 aromatic carbocycles. The first-order valence-electron chi connectivity index (χ1n) is 7.57. The first-order chi connectivity index (χ1) is 11.7. The van der Waals surface area contributed by atoms with Crippen molar-refractivity contribution in [2.24, 2.45) is 17.8 Å². The first-order valence-corrected chi connectivity index (χ1v) is 8.45. The first kappa shape index (κ1) is 22.7. The Labute approximate surface area is 170 Å². The molecule has 0 radical (unpaired) electrons. The Bertz CT molecular complexity index is 704. The maximum Gasteiger partial charge on any atom is 0.424 e. The third-order valence-electron chi connectivity index (χ3n) is 3.67. The van der Waals surface area contributed by atoms with Gasteiger partial charge in [-0.05, 0) is 17.9 Å². The highest BCUT2D eigenvalue weighted by molar-refractivity contribution is 14.0. The molecule has 0 aliphatic carbocycles. The Morgan fingerprint density at radius 1 is 1.46 bits per heavy atom. The zero-order chi connectivity index (χ0) is 18.5. The summed E-state index contributed by atoms with van der Waals surface area (Å²) in [6.45, 7) is 0.236. The van der Waals surface area contributed by atoms with E-state index in [1.165, 1.54) is 24.3 Å². The minimum Gasteiger partial charge on any atom is -0.374 e. The van der Waals surface area contributed by atoms with Crippen LogP contribution >= 0.6 is 35.3 Å². The molecular weight excluding hydrogens is 482 g/mol. The Morgan fingerprint density at radius 2 is 2.19 bits per heavy atom. The Kier molecular flexibility index (Phi) is 8.34. The van der Waals surface area contributed by atoms with Crippen LogP contribution in [0, 0.1) is 0 Å². The maximum atomic E-state index is 13.3. The van der Waals surface area contributed by atoms with Gasteiger partial charge in [-0.2, -0.15) is 13.2 Å². The fraction of sp³-hybridized carbons (Fsp3) is 0.467. The Morgan fingerprint density at radius 3 is 2.73 bits per heavy atom. The lowest BCUT2D eigenvalue weighted by atomic mass is 9.98. The molecule has 26 heavy (non-hydrogen) atoms. The largest absolute Gasteiger partial charge is 0.424 e. The van der Waals surface area contributed by atoms with Gasteiger partial charge in [0.05, 0.1) is 0 Å². The van der Waals surface area contributed by atoms with Crippen LogP contribution < -0.4 is 11.1 Å². The second-order valence-electron chi connectivity index (χ2n) is 5.49. The topological polar surface area (TPSA) is 88.5 Å². The average molecular weight is 503 g/mol. The number of aliphatic hydroxyl groups is 1. The Hall–Kier alpha value is -1.34. The minimum atomic E-state index is -4.87. The summed E-state index contributed by atoms with van der Waals surface area (Å²) in [5, 5.41) is 15.0. The zero-order valence-corrected chi connectivity index (χ0v) is 17.2. The van der Waals surface area contributed by atoms with Crippen molar-refractivity contribution in [3.8, 4) is 0 Å². The van der Waals surface area contributed by atoms with Crippen LogP contribution in [0.4, 0.5) is 13.2 Å². The van der Waals surface area contributed by atoms with E-state index in [2.05, 4.69) is 15.3 Å². The number of aliphatic imine (C=N–C) groups is 1. The molecule has 0 bridgehead atoms. The molecule has 0 amide bonds. The highest BCUT2D eigenvalue weighted by Gasteiger charge is 2.57. The number of nitrogens with zero attached hydrogens (tertiary/aromatic N) is 3. The number of hydrogen-bond donors (Lipinski definition) is 3. The number of aryl methyl sites for hydroxylation is 1. The quantitative estimate of drug-likeness (QED) is 0.308. The third kappa shape index (κ3) is 5.58. The van der Waals surface area contributed by atoms with Gasteiger partial charge in [0.1, 0.15) is 5.82 Å². The van der Waals surface area contributed by atoms with Crippen molar-refractivity contribution in [1.29, 1.82) is 0 Å². The van der Waals surface area contributed by atoms with Gasteiger partial charge in [0.25, 0.3) is 0 Å². The van der Waals surface area contributed by atoms with Crippen LogP contribution in [0.25, 0.3) is 0 Å². The Balaban J connectivity index is 0.00000338. The van der Waals surface area contributed by atoms with Gasteiger partial charge in [0.15, 0.2) is 5.96 Å². The van der Waals surface area contributed by atoms with Crippen LogP contribution in [-0.2, 0) is 19.1 Å². The number of aromatic nitrogens is 2. The molecule has 0 fully saturated rings. The normalized spacial score (nSPS) is 14.6. The zero-order valence-electron chi connectivity index (χ0n) is 14.0. The SMILES string of the molecule is Cn1ccnc1C(O)(CCN=C(N)NCCc1cccs1)C(F)(F)F.I. The van der Waals surface area contributed by atoms with Gasteiger partial charge in [-0.1, -0.05) is 6.07 Å². The van der Waals surface area contributed by atoms with E-state index in [1.54, 1.807) is 11.3 Å². The van der Waals surface area contributed by atoms with Crippen molar-refractivity contribution in [1.82, 2.24) is 14.9 Å². The standard InChI is InChI=1S/C15H20F3N5OS.HI/c1-23-9-8-20-12(23)14(24,15(16,17)18)5-7-22-13(19)21-6-4-11-3-2-10-25-11;/h2-3,8-10,24H,4-7H2,1H3,(H3,19,21,22);1H. The van der Waals surface area contributed by atoms with Gasteiger partial charge in [-0.3, -0.25) is 4.99 Å². The van der Waals surface area contributed by atoms with Crippen molar-refractivity contribution in [2.45, 2.75) is 24.6 Å². The summed E-state index contributed by atoms with van der Waals surface area (Å²) in [5.41, 5.74) is 2.58. The molecule has 0 aliphatic rings.